The predicted octanol–water partition coefficient (Wildman–Crippen LogP) is 2.67. The molecule has 2 aromatic carbocycles. The molecule has 12 heteroatoms. The molecule has 2 heterocycles. The normalized spacial score (nSPS) is 13.4. The Morgan fingerprint density at radius 2 is 1.59 bits per heavy atom. The van der Waals surface area contributed by atoms with Crippen LogP contribution < -0.4 is 13.8 Å². The van der Waals surface area contributed by atoms with E-state index in [-0.39, 0.29) is 52.2 Å². The number of hydrogen-bond acceptors (Lipinski definition) is 8. The highest BCUT2D eigenvalue weighted by Crippen LogP contribution is 2.39. The Bertz CT molecular complexity index is 1410. The minimum atomic E-state index is -3.92. The summed E-state index contributed by atoms with van der Waals surface area (Å²) >= 11 is 6.57. The highest BCUT2D eigenvalue weighted by atomic mass is 35.5. The first-order chi connectivity index (χ1) is 16.1. The lowest BCUT2D eigenvalue weighted by atomic mass is 10.1. The number of aryl methyl sites for hydroxylation is 1. The van der Waals surface area contributed by atoms with E-state index in [1.54, 1.807) is 37.3 Å². The van der Waals surface area contributed by atoms with Gasteiger partial charge in [-0.05, 0) is 30.7 Å². The molecule has 0 unspecified atom stereocenters. The fourth-order valence-electron chi connectivity index (χ4n) is 3.82. The molecule has 0 bridgehead atoms. The number of methoxy groups -OCH3 is 2. The van der Waals surface area contributed by atoms with Crippen molar-refractivity contribution in [1.82, 2.24) is 14.9 Å². The summed E-state index contributed by atoms with van der Waals surface area (Å²) in [6.45, 7) is 1.28. The van der Waals surface area contributed by atoms with Crippen molar-refractivity contribution in [3.63, 3.8) is 0 Å². The molecule has 4 rings (SSSR count). The van der Waals surface area contributed by atoms with Crippen molar-refractivity contribution in [2.45, 2.75) is 6.92 Å². The van der Waals surface area contributed by atoms with Crippen LogP contribution in [0.2, 0.25) is 5.02 Å². The number of sulfonamides is 1. The van der Waals surface area contributed by atoms with E-state index in [0.29, 0.717) is 11.1 Å². The number of benzene rings is 2. The molecule has 0 saturated heterocycles. The second kappa shape index (κ2) is 8.73. The largest absolute Gasteiger partial charge is 0.477 e. The predicted molar refractivity (Wildman–Crippen MR) is 126 cm³/mol. The average molecular weight is 505 g/mol. The lowest BCUT2D eigenvalue weighted by Crippen LogP contribution is -2.41. The standard InChI is InChI=1S/C22H21ClN4O6S/c1-12-11-15-17(25-20(33-3)19(24-15)32-2)18(16(12)23)27(34(4,30)31)10-9-26-21(28)13-7-5-6-8-14(13)22(26)29/h5-8,11H,9-10H2,1-4H3. The van der Waals surface area contributed by atoms with Crippen LogP contribution in [0.25, 0.3) is 11.0 Å². The van der Waals surface area contributed by atoms with Crippen molar-refractivity contribution >= 4 is 50.2 Å². The third-order valence-electron chi connectivity index (χ3n) is 5.43. The molecule has 0 atom stereocenters. The van der Waals surface area contributed by atoms with Gasteiger partial charge in [0.25, 0.3) is 23.6 Å². The van der Waals surface area contributed by atoms with E-state index in [9.17, 15) is 18.0 Å². The molecule has 0 fully saturated rings. The lowest BCUT2D eigenvalue weighted by Gasteiger charge is -2.27. The van der Waals surface area contributed by atoms with Crippen LogP contribution in [0.15, 0.2) is 30.3 Å². The number of imide groups is 1. The minimum absolute atomic E-state index is 0.0463. The maximum absolute atomic E-state index is 12.9. The van der Waals surface area contributed by atoms with E-state index in [0.717, 1.165) is 15.5 Å². The van der Waals surface area contributed by atoms with Crippen LogP contribution >= 0.6 is 11.6 Å². The zero-order valence-corrected chi connectivity index (χ0v) is 20.4. The number of rotatable bonds is 7. The Morgan fingerprint density at radius 3 is 2.12 bits per heavy atom. The summed E-state index contributed by atoms with van der Waals surface area (Å²) in [4.78, 5) is 35.3. The van der Waals surface area contributed by atoms with Crippen LogP contribution in [0.4, 0.5) is 5.69 Å². The van der Waals surface area contributed by atoms with E-state index in [4.69, 9.17) is 21.1 Å². The third kappa shape index (κ3) is 3.90. The molecule has 1 aliphatic heterocycles. The highest BCUT2D eigenvalue weighted by Gasteiger charge is 2.36. The third-order valence-corrected chi connectivity index (χ3v) is 7.08. The van der Waals surface area contributed by atoms with Gasteiger partial charge in [0.05, 0.1) is 54.4 Å². The summed E-state index contributed by atoms with van der Waals surface area (Å²) in [5, 5.41) is 0.141. The van der Waals surface area contributed by atoms with Crippen molar-refractivity contribution in [2.75, 3.05) is 37.9 Å². The summed E-state index contributed by atoms with van der Waals surface area (Å²) < 4.78 is 37.2. The molecule has 10 nitrogen and oxygen atoms in total. The minimum Gasteiger partial charge on any atom is -0.477 e. The first-order valence-electron chi connectivity index (χ1n) is 10.1. The topological polar surface area (TPSA) is 119 Å². The molecule has 1 aromatic heterocycles. The fraction of sp³-hybridized carbons (Fsp3) is 0.273. The summed E-state index contributed by atoms with van der Waals surface area (Å²) in [6, 6.07) is 8.10. The molecule has 1 aliphatic rings. The highest BCUT2D eigenvalue weighted by molar-refractivity contribution is 7.92. The number of anilines is 1. The number of carbonyl (C=O) groups is 2. The summed E-state index contributed by atoms with van der Waals surface area (Å²) in [7, 11) is -1.13. The molecule has 0 N–H and O–H groups in total. The van der Waals surface area contributed by atoms with Crippen molar-refractivity contribution in [3.05, 3.63) is 52.0 Å². The van der Waals surface area contributed by atoms with Crippen molar-refractivity contribution in [1.29, 1.82) is 0 Å². The molecule has 178 valence electrons. The molecular formula is C22H21ClN4O6S. The zero-order valence-electron chi connectivity index (χ0n) is 18.8. The van der Waals surface area contributed by atoms with Crippen LogP contribution in [0.5, 0.6) is 11.8 Å². The van der Waals surface area contributed by atoms with Crippen LogP contribution in [0.1, 0.15) is 26.3 Å². The lowest BCUT2D eigenvalue weighted by molar-refractivity contribution is 0.0659. The number of amides is 2. The van der Waals surface area contributed by atoms with Gasteiger partial charge in [0.1, 0.15) is 5.52 Å². The van der Waals surface area contributed by atoms with Gasteiger partial charge in [-0.1, -0.05) is 23.7 Å². The number of ether oxygens (including phenoxy) is 2. The maximum Gasteiger partial charge on any atom is 0.278 e. The smallest absolute Gasteiger partial charge is 0.278 e. The number of hydrogen-bond donors (Lipinski definition) is 0. The Kier molecular flexibility index (Phi) is 6.09. The van der Waals surface area contributed by atoms with E-state index in [2.05, 4.69) is 9.97 Å². The quantitative estimate of drug-likeness (QED) is 0.450. The van der Waals surface area contributed by atoms with Gasteiger partial charge in [-0.2, -0.15) is 0 Å². The van der Waals surface area contributed by atoms with Gasteiger partial charge >= 0.3 is 0 Å². The molecule has 0 aliphatic carbocycles. The molecule has 0 spiro atoms. The Labute approximate surface area is 201 Å². The Morgan fingerprint density at radius 1 is 1.03 bits per heavy atom. The summed E-state index contributed by atoms with van der Waals surface area (Å²) in [6.07, 6.45) is 1.01. The second-order valence-corrected chi connectivity index (χ2v) is 9.89. The second-order valence-electron chi connectivity index (χ2n) is 7.61. The van der Waals surface area contributed by atoms with Crippen molar-refractivity contribution in [3.8, 4) is 11.8 Å². The van der Waals surface area contributed by atoms with Crippen LogP contribution in [0, 0.1) is 6.92 Å². The van der Waals surface area contributed by atoms with Crippen molar-refractivity contribution < 1.29 is 27.5 Å². The van der Waals surface area contributed by atoms with Crippen LogP contribution in [-0.2, 0) is 10.0 Å². The first kappa shape index (κ1) is 23.7. The Balaban J connectivity index is 1.80. The average Bonchev–Trinajstić information content (AvgIpc) is 3.04. The van der Waals surface area contributed by atoms with Crippen LogP contribution in [-0.4, -0.2) is 68.7 Å². The van der Waals surface area contributed by atoms with E-state index < -0.39 is 21.8 Å². The Hall–Kier alpha value is -3.44. The van der Waals surface area contributed by atoms with Gasteiger partial charge in [0.2, 0.25) is 10.0 Å². The summed E-state index contributed by atoms with van der Waals surface area (Å²) in [5.74, 6) is -0.800. The number of carbonyl (C=O) groups excluding carboxylic acids is 2. The molecule has 3 aromatic rings. The van der Waals surface area contributed by atoms with Gasteiger partial charge in [-0.15, -0.1) is 0 Å². The zero-order chi connectivity index (χ0) is 24.8. The molecule has 2 amide bonds. The SMILES string of the molecule is COc1nc2cc(C)c(Cl)c(N(CCN3C(=O)c4ccccc4C3=O)S(C)(=O)=O)c2nc1OC. The van der Waals surface area contributed by atoms with E-state index in [1.165, 1.54) is 14.2 Å². The summed E-state index contributed by atoms with van der Waals surface area (Å²) in [5.41, 5.74) is 1.69. The molecule has 34 heavy (non-hydrogen) atoms. The number of nitrogens with zero attached hydrogens (tertiary/aromatic N) is 4. The first-order valence-corrected chi connectivity index (χ1v) is 12.3. The molecular weight excluding hydrogens is 484 g/mol. The fourth-order valence-corrected chi connectivity index (χ4v) is 5.04. The van der Waals surface area contributed by atoms with Gasteiger partial charge in [-0.25, -0.2) is 18.4 Å². The number of halogens is 1. The molecule has 0 saturated carbocycles. The monoisotopic (exact) mass is 504 g/mol. The van der Waals surface area contributed by atoms with Gasteiger partial charge in [0, 0.05) is 6.54 Å². The van der Waals surface area contributed by atoms with E-state index in [1.807, 2.05) is 0 Å². The van der Waals surface area contributed by atoms with Gasteiger partial charge in [-0.3, -0.25) is 18.8 Å². The molecule has 0 radical (unpaired) electrons. The number of fused-ring (bicyclic) bond motifs is 2. The van der Waals surface area contributed by atoms with Gasteiger partial charge < -0.3 is 9.47 Å². The van der Waals surface area contributed by atoms with Gasteiger partial charge in [0.15, 0.2) is 0 Å². The van der Waals surface area contributed by atoms with Crippen LogP contribution in [0.3, 0.4) is 0 Å². The maximum atomic E-state index is 12.9. The van der Waals surface area contributed by atoms with Crippen molar-refractivity contribution in [2.24, 2.45) is 0 Å². The number of aromatic nitrogens is 2. The van der Waals surface area contributed by atoms with E-state index >= 15 is 0 Å².